The smallest absolute Gasteiger partial charge is 0.255 e. The average molecular weight is 477 g/mol. The maximum absolute atomic E-state index is 12.9. The Balaban J connectivity index is 1.39. The maximum Gasteiger partial charge on any atom is 0.255 e. The van der Waals surface area contributed by atoms with Gasteiger partial charge in [0.25, 0.3) is 5.91 Å². The number of rotatable bonds is 4. The molecule has 1 fully saturated rings. The molecule has 1 aliphatic heterocycles. The maximum atomic E-state index is 12.9. The standard InChI is InChI=1S/C25H21ClN4O2S/c26-22-10-7-18(16-21(22)24-20-4-3-12-27-23(20)11-13-28-24)29-25(31)17-5-8-19(9-6-17)30-14-1-2-15-33(30)32/h3-13,16H,1-2,14-15H2,(H,29,31). The van der Waals surface area contributed by atoms with E-state index in [1.165, 1.54) is 0 Å². The van der Waals surface area contributed by atoms with Crippen LogP contribution in [0.3, 0.4) is 0 Å². The highest BCUT2D eigenvalue weighted by Crippen LogP contribution is 2.33. The Bertz CT molecular complexity index is 1360. The molecule has 8 heteroatoms. The van der Waals surface area contributed by atoms with Crippen LogP contribution in [0, 0.1) is 0 Å². The fourth-order valence-electron chi connectivity index (χ4n) is 3.92. The Morgan fingerprint density at radius 3 is 2.67 bits per heavy atom. The van der Waals surface area contributed by atoms with Gasteiger partial charge in [-0.3, -0.25) is 19.1 Å². The summed E-state index contributed by atoms with van der Waals surface area (Å²) in [7, 11) is -1.00. The molecule has 0 bridgehead atoms. The lowest BCUT2D eigenvalue weighted by Gasteiger charge is -2.27. The average Bonchev–Trinajstić information content (AvgIpc) is 2.85. The zero-order chi connectivity index (χ0) is 22.8. The van der Waals surface area contributed by atoms with Gasteiger partial charge in [0.05, 0.1) is 16.2 Å². The highest BCUT2D eigenvalue weighted by molar-refractivity contribution is 7.86. The molecule has 2 aromatic heterocycles. The van der Waals surface area contributed by atoms with Crippen LogP contribution in [0.2, 0.25) is 5.02 Å². The van der Waals surface area contributed by atoms with Crippen LogP contribution in [0.25, 0.3) is 22.2 Å². The molecule has 6 nitrogen and oxygen atoms in total. The van der Waals surface area contributed by atoms with Crippen molar-refractivity contribution in [1.29, 1.82) is 0 Å². The molecular formula is C25H21ClN4O2S. The molecule has 2 aromatic carbocycles. The number of carbonyl (C=O) groups is 1. The summed E-state index contributed by atoms with van der Waals surface area (Å²) in [6, 6.07) is 18.2. The molecule has 1 saturated heterocycles. The van der Waals surface area contributed by atoms with E-state index < -0.39 is 11.0 Å². The number of hydrogen-bond acceptors (Lipinski definition) is 4. The van der Waals surface area contributed by atoms with Crippen LogP contribution in [0.1, 0.15) is 23.2 Å². The Morgan fingerprint density at radius 1 is 1.00 bits per heavy atom. The predicted octanol–water partition coefficient (Wildman–Crippen LogP) is 5.47. The predicted molar refractivity (Wildman–Crippen MR) is 134 cm³/mol. The summed E-state index contributed by atoms with van der Waals surface area (Å²) in [5.74, 6) is 0.449. The van der Waals surface area contributed by atoms with Gasteiger partial charge in [-0.05, 0) is 73.5 Å². The lowest BCUT2D eigenvalue weighted by Crippen LogP contribution is -2.32. The van der Waals surface area contributed by atoms with Crippen molar-refractivity contribution >= 4 is 50.8 Å². The fraction of sp³-hybridized carbons (Fsp3) is 0.160. The van der Waals surface area contributed by atoms with E-state index in [4.69, 9.17) is 11.6 Å². The van der Waals surface area contributed by atoms with Gasteiger partial charge in [0, 0.05) is 52.6 Å². The first-order chi connectivity index (χ1) is 16.1. The van der Waals surface area contributed by atoms with E-state index in [-0.39, 0.29) is 5.91 Å². The number of pyridine rings is 2. The third kappa shape index (κ3) is 4.47. The molecule has 1 unspecified atom stereocenters. The van der Waals surface area contributed by atoms with E-state index in [0.29, 0.717) is 27.7 Å². The van der Waals surface area contributed by atoms with Crippen molar-refractivity contribution < 1.29 is 9.00 Å². The summed E-state index contributed by atoms with van der Waals surface area (Å²) >= 11 is 6.49. The quantitative estimate of drug-likeness (QED) is 0.424. The lowest BCUT2D eigenvalue weighted by molar-refractivity contribution is 0.102. The van der Waals surface area contributed by atoms with Crippen molar-refractivity contribution in [3.63, 3.8) is 0 Å². The summed E-state index contributed by atoms with van der Waals surface area (Å²) in [6.07, 6.45) is 5.44. The third-order valence-corrected chi connectivity index (χ3v) is 7.46. The Hall–Kier alpha value is -3.29. The van der Waals surface area contributed by atoms with Crippen LogP contribution in [0.4, 0.5) is 11.4 Å². The zero-order valence-corrected chi connectivity index (χ0v) is 19.3. The molecule has 4 aromatic rings. The van der Waals surface area contributed by atoms with Crippen LogP contribution < -0.4 is 9.62 Å². The first-order valence-corrected chi connectivity index (χ1v) is 12.3. The Labute approximate surface area is 199 Å². The van der Waals surface area contributed by atoms with E-state index in [1.54, 1.807) is 36.7 Å². The van der Waals surface area contributed by atoms with E-state index >= 15 is 0 Å². The third-order valence-electron chi connectivity index (χ3n) is 5.60. The van der Waals surface area contributed by atoms with Gasteiger partial charge >= 0.3 is 0 Å². The summed E-state index contributed by atoms with van der Waals surface area (Å²) in [6.45, 7) is 0.767. The number of aromatic nitrogens is 2. The number of anilines is 2. The van der Waals surface area contributed by atoms with Crippen LogP contribution >= 0.6 is 11.6 Å². The highest BCUT2D eigenvalue weighted by atomic mass is 35.5. The molecule has 0 radical (unpaired) electrons. The van der Waals surface area contributed by atoms with Gasteiger partial charge in [0.2, 0.25) is 0 Å². The molecule has 1 aliphatic rings. The minimum absolute atomic E-state index is 0.234. The van der Waals surface area contributed by atoms with Crippen molar-refractivity contribution in [2.45, 2.75) is 12.8 Å². The molecule has 0 aliphatic carbocycles. The molecule has 5 rings (SSSR count). The number of carbonyl (C=O) groups excluding carboxylic acids is 1. The zero-order valence-electron chi connectivity index (χ0n) is 17.7. The molecule has 3 heterocycles. The van der Waals surface area contributed by atoms with E-state index in [9.17, 15) is 9.00 Å². The van der Waals surface area contributed by atoms with E-state index in [1.807, 2.05) is 40.7 Å². The molecule has 1 amide bonds. The number of nitrogens with one attached hydrogen (secondary N) is 1. The van der Waals surface area contributed by atoms with Crippen molar-refractivity contribution in [2.75, 3.05) is 21.9 Å². The van der Waals surface area contributed by atoms with Crippen molar-refractivity contribution in [3.05, 3.63) is 83.6 Å². The number of halogens is 1. The number of nitrogens with zero attached hydrogens (tertiary/aromatic N) is 3. The van der Waals surface area contributed by atoms with Crippen LogP contribution in [0.5, 0.6) is 0 Å². The first-order valence-electron chi connectivity index (χ1n) is 10.7. The van der Waals surface area contributed by atoms with Crippen molar-refractivity contribution in [2.24, 2.45) is 0 Å². The molecule has 0 spiro atoms. The van der Waals surface area contributed by atoms with Gasteiger partial charge in [-0.25, -0.2) is 4.21 Å². The lowest BCUT2D eigenvalue weighted by atomic mass is 10.1. The highest BCUT2D eigenvalue weighted by Gasteiger charge is 2.19. The van der Waals surface area contributed by atoms with Gasteiger partial charge in [-0.1, -0.05) is 11.6 Å². The van der Waals surface area contributed by atoms with E-state index in [2.05, 4.69) is 15.3 Å². The minimum Gasteiger partial charge on any atom is -0.322 e. The van der Waals surface area contributed by atoms with Gasteiger partial charge in [0.1, 0.15) is 11.0 Å². The second-order valence-electron chi connectivity index (χ2n) is 7.76. The summed E-state index contributed by atoms with van der Waals surface area (Å²) < 4.78 is 14.1. The van der Waals surface area contributed by atoms with Gasteiger partial charge in [-0.15, -0.1) is 0 Å². The fourth-order valence-corrected chi connectivity index (χ4v) is 5.49. The van der Waals surface area contributed by atoms with Crippen molar-refractivity contribution in [3.8, 4) is 11.3 Å². The van der Waals surface area contributed by atoms with Crippen LogP contribution in [-0.4, -0.2) is 32.4 Å². The summed E-state index contributed by atoms with van der Waals surface area (Å²) in [5.41, 5.74) is 4.25. The van der Waals surface area contributed by atoms with Gasteiger partial charge in [-0.2, -0.15) is 0 Å². The normalized spacial score (nSPS) is 16.0. The molecule has 1 N–H and O–H groups in total. The molecule has 166 valence electrons. The summed E-state index contributed by atoms with van der Waals surface area (Å²) in [5, 5.41) is 4.36. The van der Waals surface area contributed by atoms with Gasteiger partial charge in [0.15, 0.2) is 0 Å². The van der Waals surface area contributed by atoms with Crippen molar-refractivity contribution in [1.82, 2.24) is 9.97 Å². The topological polar surface area (TPSA) is 75.2 Å². The molecule has 0 saturated carbocycles. The van der Waals surface area contributed by atoms with Crippen LogP contribution in [0.15, 0.2) is 73.1 Å². The molecule has 1 atom stereocenters. The largest absolute Gasteiger partial charge is 0.322 e. The molecular weight excluding hydrogens is 456 g/mol. The SMILES string of the molecule is O=C(Nc1ccc(Cl)c(-c2nccc3ncccc23)c1)c1ccc(N2CCCCS2=O)cc1. The van der Waals surface area contributed by atoms with Gasteiger partial charge < -0.3 is 5.32 Å². The van der Waals surface area contributed by atoms with Crippen LogP contribution in [-0.2, 0) is 11.0 Å². The van der Waals surface area contributed by atoms with E-state index in [0.717, 1.165) is 41.5 Å². The Morgan fingerprint density at radius 2 is 1.85 bits per heavy atom. The first kappa shape index (κ1) is 21.6. The minimum atomic E-state index is -1.00. The number of benzene rings is 2. The summed E-state index contributed by atoms with van der Waals surface area (Å²) in [4.78, 5) is 21.8. The molecule has 33 heavy (non-hydrogen) atoms. The number of hydrogen-bond donors (Lipinski definition) is 1. The Kier molecular flexibility index (Phi) is 6.07. The number of fused-ring (bicyclic) bond motifs is 1. The number of amides is 1. The second-order valence-corrected chi connectivity index (χ2v) is 9.66. The monoisotopic (exact) mass is 476 g/mol. The second kappa shape index (κ2) is 9.29.